The fraction of sp³-hybridized carbons (Fsp3) is 0.171. The normalized spacial score (nSPS) is 13.9. The number of halogens is 3. The van der Waals surface area contributed by atoms with E-state index in [1.807, 2.05) is 0 Å². The molecule has 2 N–H and O–H groups in total. The van der Waals surface area contributed by atoms with Crippen LogP contribution in [0.1, 0.15) is 45.0 Å². The highest BCUT2D eigenvalue weighted by Gasteiger charge is 2.24. The monoisotopic (exact) mass is 650 g/mol. The molecule has 1 saturated heterocycles. The maximum absolute atomic E-state index is 15.6. The topological polar surface area (TPSA) is 128 Å². The van der Waals surface area contributed by atoms with Crippen molar-refractivity contribution in [3.63, 3.8) is 0 Å². The van der Waals surface area contributed by atoms with Gasteiger partial charge in [0.2, 0.25) is 5.88 Å². The molecule has 0 aliphatic carbocycles. The molecule has 4 aromatic heterocycles. The average Bonchev–Trinajstić information content (AvgIpc) is 3.70. The van der Waals surface area contributed by atoms with Gasteiger partial charge in [-0.25, -0.2) is 27.9 Å². The van der Waals surface area contributed by atoms with Gasteiger partial charge in [-0.3, -0.25) is 10.1 Å². The molecule has 1 aliphatic rings. The summed E-state index contributed by atoms with van der Waals surface area (Å²) in [5.74, 6) is 3.07. The Morgan fingerprint density at radius 2 is 1.88 bits per heavy atom. The zero-order valence-corrected chi connectivity index (χ0v) is 25.1. The molecule has 0 bridgehead atoms. The maximum Gasteiger partial charge on any atom is 0.335 e. The van der Waals surface area contributed by atoms with Crippen molar-refractivity contribution in [3.8, 4) is 29.0 Å². The molecular formula is C35H25F3N6O4. The SMILES string of the molecule is O=C(O)c1ccc2nc(Cc3cc(F)c(-c4cccc(OCc5ncc(C#Cc6cn[nH]c6)cc5F)n4)cc3F)n(CC3CCO3)c2c1. The summed E-state index contributed by atoms with van der Waals surface area (Å²) in [6.45, 7) is 0.769. The van der Waals surface area contributed by atoms with Gasteiger partial charge in [0.05, 0.1) is 46.7 Å². The molecule has 1 fully saturated rings. The number of ether oxygens (including phenoxy) is 2. The minimum atomic E-state index is -1.08. The van der Waals surface area contributed by atoms with Crippen molar-refractivity contribution in [1.29, 1.82) is 0 Å². The van der Waals surface area contributed by atoms with E-state index in [4.69, 9.17) is 9.47 Å². The third kappa shape index (κ3) is 6.47. The highest BCUT2D eigenvalue weighted by molar-refractivity contribution is 5.92. The second kappa shape index (κ2) is 13.0. The molecular weight excluding hydrogens is 625 g/mol. The maximum atomic E-state index is 15.6. The number of hydrogen-bond donors (Lipinski definition) is 2. The van der Waals surface area contributed by atoms with Gasteiger partial charge in [-0.05, 0) is 54.4 Å². The van der Waals surface area contributed by atoms with Crippen LogP contribution in [0.4, 0.5) is 13.2 Å². The van der Waals surface area contributed by atoms with Crippen LogP contribution < -0.4 is 4.74 Å². The van der Waals surface area contributed by atoms with Gasteiger partial charge >= 0.3 is 5.97 Å². The lowest BCUT2D eigenvalue weighted by Crippen LogP contribution is -2.31. The molecule has 0 radical (unpaired) electrons. The molecule has 1 aliphatic heterocycles. The second-order valence-corrected chi connectivity index (χ2v) is 11.1. The lowest BCUT2D eigenvalue weighted by molar-refractivity contribution is -0.0589. The van der Waals surface area contributed by atoms with E-state index in [1.54, 1.807) is 29.1 Å². The summed E-state index contributed by atoms with van der Waals surface area (Å²) in [5, 5.41) is 15.9. The molecule has 5 heterocycles. The van der Waals surface area contributed by atoms with Crippen LogP contribution in [-0.4, -0.2) is 53.5 Å². The predicted molar refractivity (Wildman–Crippen MR) is 167 cm³/mol. The van der Waals surface area contributed by atoms with E-state index in [0.717, 1.165) is 18.6 Å². The molecule has 6 aromatic rings. The number of carbonyl (C=O) groups is 1. The number of hydrogen-bond acceptors (Lipinski definition) is 7. The van der Waals surface area contributed by atoms with Gasteiger partial charge in [-0.15, -0.1) is 0 Å². The Morgan fingerprint density at radius 1 is 1.02 bits per heavy atom. The second-order valence-electron chi connectivity index (χ2n) is 11.1. The van der Waals surface area contributed by atoms with E-state index in [1.165, 1.54) is 36.5 Å². The van der Waals surface area contributed by atoms with Crippen molar-refractivity contribution in [2.24, 2.45) is 0 Å². The smallest absolute Gasteiger partial charge is 0.335 e. The summed E-state index contributed by atoms with van der Waals surface area (Å²) in [7, 11) is 0. The Balaban J connectivity index is 1.09. The van der Waals surface area contributed by atoms with E-state index >= 15 is 8.78 Å². The minimum absolute atomic E-state index is 0.0201. The van der Waals surface area contributed by atoms with Crippen molar-refractivity contribution in [3.05, 3.63) is 124 Å². The number of carboxylic acids is 1. The molecule has 7 rings (SSSR count). The number of aromatic carboxylic acids is 1. The van der Waals surface area contributed by atoms with Crippen molar-refractivity contribution < 1.29 is 32.5 Å². The van der Waals surface area contributed by atoms with E-state index in [2.05, 4.69) is 37.0 Å². The molecule has 0 amide bonds. The van der Waals surface area contributed by atoms with Crippen molar-refractivity contribution in [2.45, 2.75) is 32.1 Å². The molecule has 48 heavy (non-hydrogen) atoms. The standard InChI is InChI=1S/C35H25F3N6O4/c36-26-14-25(29-2-1-3-34(43-29)48-19-31-28(38)10-20(15-39-31)4-5-21-16-40-41-17-21)27(37)11-23(26)13-33-42-30-7-6-22(35(45)46)12-32(30)44(33)18-24-8-9-47-24/h1-3,6-7,10-12,14-17,24H,8-9,13,18-19H2,(H,40,41)(H,45,46). The van der Waals surface area contributed by atoms with Crippen LogP contribution >= 0.6 is 0 Å². The quantitative estimate of drug-likeness (QED) is 0.191. The van der Waals surface area contributed by atoms with E-state index in [0.29, 0.717) is 41.1 Å². The lowest BCUT2D eigenvalue weighted by atomic mass is 10.0. The van der Waals surface area contributed by atoms with Crippen molar-refractivity contribution >= 4 is 17.0 Å². The molecule has 13 heteroatoms. The number of nitrogens with one attached hydrogen (secondary N) is 1. The van der Waals surface area contributed by atoms with Crippen LogP contribution in [0.3, 0.4) is 0 Å². The van der Waals surface area contributed by atoms with Gasteiger partial charge in [0.15, 0.2) is 0 Å². The van der Waals surface area contributed by atoms with Crippen molar-refractivity contribution in [2.75, 3.05) is 6.61 Å². The van der Waals surface area contributed by atoms with Gasteiger partial charge in [0.25, 0.3) is 0 Å². The fourth-order valence-electron chi connectivity index (χ4n) is 5.26. The number of aromatic nitrogens is 6. The molecule has 2 aromatic carbocycles. The first kappa shape index (κ1) is 30.6. The van der Waals surface area contributed by atoms with E-state index in [-0.39, 0.29) is 53.1 Å². The largest absolute Gasteiger partial charge is 0.478 e. The highest BCUT2D eigenvalue weighted by atomic mass is 19.1. The number of rotatable bonds is 9. The van der Waals surface area contributed by atoms with Crippen LogP contribution in [0.5, 0.6) is 5.88 Å². The number of nitrogens with zero attached hydrogens (tertiary/aromatic N) is 5. The summed E-state index contributed by atoms with van der Waals surface area (Å²) in [5.41, 5.74) is 2.33. The number of fused-ring (bicyclic) bond motifs is 1. The lowest BCUT2D eigenvalue weighted by Gasteiger charge is -2.27. The minimum Gasteiger partial charge on any atom is -0.478 e. The summed E-state index contributed by atoms with van der Waals surface area (Å²) in [6, 6.07) is 12.6. The molecule has 10 nitrogen and oxygen atoms in total. The average molecular weight is 651 g/mol. The van der Waals surface area contributed by atoms with Crippen molar-refractivity contribution in [1.82, 2.24) is 29.7 Å². The van der Waals surface area contributed by atoms with Gasteiger partial charge in [0, 0.05) is 42.6 Å². The Morgan fingerprint density at radius 3 is 2.62 bits per heavy atom. The molecule has 240 valence electrons. The Kier molecular flexibility index (Phi) is 8.31. The summed E-state index contributed by atoms with van der Waals surface area (Å²) in [6.07, 6.45) is 5.27. The Labute approximate surface area is 271 Å². The Hall–Kier alpha value is -6.00. The number of benzene rings is 2. The van der Waals surface area contributed by atoms with E-state index in [9.17, 15) is 14.3 Å². The van der Waals surface area contributed by atoms with E-state index < -0.39 is 23.4 Å². The predicted octanol–water partition coefficient (Wildman–Crippen LogP) is 5.69. The van der Waals surface area contributed by atoms with Crippen LogP contribution in [0.25, 0.3) is 22.3 Å². The van der Waals surface area contributed by atoms with Gasteiger partial charge < -0.3 is 19.1 Å². The molecule has 1 atom stereocenters. The molecule has 0 spiro atoms. The van der Waals surface area contributed by atoms with Crippen LogP contribution in [0.2, 0.25) is 0 Å². The van der Waals surface area contributed by atoms with Gasteiger partial charge in [0.1, 0.15) is 35.6 Å². The first-order valence-electron chi connectivity index (χ1n) is 14.9. The number of H-pyrrole nitrogens is 1. The Bertz CT molecular complexity index is 2220. The summed E-state index contributed by atoms with van der Waals surface area (Å²) in [4.78, 5) is 24.6. The van der Waals surface area contributed by atoms with Gasteiger partial charge in [-0.2, -0.15) is 5.10 Å². The third-order valence-electron chi connectivity index (χ3n) is 7.86. The fourth-order valence-corrected chi connectivity index (χ4v) is 5.26. The third-order valence-corrected chi connectivity index (χ3v) is 7.86. The summed E-state index contributed by atoms with van der Waals surface area (Å²) < 4.78 is 58.8. The highest BCUT2D eigenvalue weighted by Crippen LogP contribution is 2.29. The summed E-state index contributed by atoms with van der Waals surface area (Å²) >= 11 is 0. The van der Waals surface area contributed by atoms with Crippen LogP contribution in [0, 0.1) is 29.3 Å². The number of aromatic amines is 1. The number of pyridine rings is 2. The first-order valence-corrected chi connectivity index (χ1v) is 14.9. The van der Waals surface area contributed by atoms with Gasteiger partial charge in [-0.1, -0.05) is 17.9 Å². The zero-order chi connectivity index (χ0) is 33.2. The van der Waals surface area contributed by atoms with Crippen LogP contribution in [-0.2, 0) is 24.3 Å². The number of carboxylic acid groups (broad SMARTS) is 1. The molecule has 1 unspecified atom stereocenters. The first-order chi connectivity index (χ1) is 23.3. The molecule has 0 saturated carbocycles. The zero-order valence-electron chi connectivity index (χ0n) is 25.1. The van der Waals surface area contributed by atoms with Crippen LogP contribution in [0.15, 0.2) is 73.2 Å². The number of imidazole rings is 1.